The molecule has 3 heterocycles. The van der Waals surface area contributed by atoms with E-state index in [0.29, 0.717) is 18.0 Å². The Bertz CT molecular complexity index is 907. The van der Waals surface area contributed by atoms with E-state index in [1.54, 1.807) is 12.3 Å². The molecular weight excluding hydrogens is 341 g/mol. The van der Waals surface area contributed by atoms with E-state index in [9.17, 15) is 9.18 Å². The second-order valence-electron chi connectivity index (χ2n) is 5.97. The number of fused-ring (bicyclic) bond motifs is 1. The summed E-state index contributed by atoms with van der Waals surface area (Å²) >= 11 is 1.53. The predicted molar refractivity (Wildman–Crippen MR) is 96.5 cm³/mol. The number of nitrogens with one attached hydrogen (secondary N) is 1. The first kappa shape index (κ1) is 16.0. The zero-order chi connectivity index (χ0) is 17.4. The molecule has 2 aromatic heterocycles. The number of hydrogen-bond acceptors (Lipinski definition) is 5. The summed E-state index contributed by atoms with van der Waals surface area (Å²) in [7, 11) is 0. The minimum atomic E-state index is -0.336. The van der Waals surface area contributed by atoms with E-state index >= 15 is 0 Å². The number of imidazole rings is 1. The van der Waals surface area contributed by atoms with Gasteiger partial charge in [0.25, 0.3) is 0 Å². The maximum absolute atomic E-state index is 13.4. The van der Waals surface area contributed by atoms with Gasteiger partial charge >= 0.3 is 0 Å². The second-order valence-corrected chi connectivity index (χ2v) is 6.84. The lowest BCUT2D eigenvalue weighted by atomic mass is 10.2. The van der Waals surface area contributed by atoms with Gasteiger partial charge < -0.3 is 9.47 Å². The molecular formula is C17H18FN5OS. The van der Waals surface area contributed by atoms with Crippen LogP contribution in [0, 0.1) is 5.82 Å². The summed E-state index contributed by atoms with van der Waals surface area (Å²) < 4.78 is 15.3. The summed E-state index contributed by atoms with van der Waals surface area (Å²) in [5.74, 6) is 0.0223. The molecule has 1 aromatic carbocycles. The molecule has 1 saturated heterocycles. The lowest BCUT2D eigenvalue weighted by Crippen LogP contribution is -2.40. The molecule has 25 heavy (non-hydrogen) atoms. The average molecular weight is 359 g/mol. The van der Waals surface area contributed by atoms with Crippen molar-refractivity contribution >= 4 is 39.4 Å². The molecule has 1 N–H and O–H groups in total. The number of nitrogens with zero attached hydrogens (tertiary/aromatic N) is 4. The molecule has 1 amide bonds. The highest BCUT2D eigenvalue weighted by molar-refractivity contribution is 7.13. The minimum absolute atomic E-state index is 0.0989. The SMILES string of the molecule is CCn1c(NC(=O)C2CCCN2c2nccs2)nc2cc(F)ccc21. The number of aryl methyl sites for hydroxylation is 1. The van der Waals surface area contributed by atoms with E-state index in [1.807, 2.05) is 21.8 Å². The maximum Gasteiger partial charge on any atom is 0.249 e. The zero-order valence-electron chi connectivity index (χ0n) is 13.8. The van der Waals surface area contributed by atoms with E-state index in [1.165, 1.54) is 23.5 Å². The van der Waals surface area contributed by atoms with Crippen LogP contribution in [0.2, 0.25) is 0 Å². The Balaban J connectivity index is 1.61. The van der Waals surface area contributed by atoms with Crippen molar-refractivity contribution in [1.82, 2.24) is 14.5 Å². The van der Waals surface area contributed by atoms with Gasteiger partial charge in [0.15, 0.2) is 5.13 Å². The average Bonchev–Trinajstić information content (AvgIpc) is 3.32. The standard InChI is InChI=1S/C17H18FN5OS/c1-2-22-13-6-5-11(18)10-12(13)20-16(22)21-15(24)14-4-3-8-23(14)17-19-7-9-25-17/h5-7,9-10,14H,2-4,8H2,1H3,(H,20,21,24). The molecule has 8 heteroatoms. The number of aromatic nitrogens is 3. The second kappa shape index (κ2) is 6.44. The fourth-order valence-electron chi connectivity index (χ4n) is 3.34. The third-order valence-corrected chi connectivity index (χ3v) is 5.29. The Morgan fingerprint density at radius 2 is 2.36 bits per heavy atom. The van der Waals surface area contributed by atoms with Gasteiger partial charge in [0.2, 0.25) is 11.9 Å². The highest BCUT2D eigenvalue weighted by atomic mass is 32.1. The van der Waals surface area contributed by atoms with Gasteiger partial charge in [0, 0.05) is 30.7 Å². The molecule has 0 radical (unpaired) electrons. The first-order chi connectivity index (χ1) is 12.2. The van der Waals surface area contributed by atoms with Gasteiger partial charge in [-0.1, -0.05) is 0 Å². The molecule has 0 aliphatic carbocycles. The maximum atomic E-state index is 13.4. The molecule has 1 aliphatic heterocycles. The Hall–Kier alpha value is -2.48. The van der Waals surface area contributed by atoms with Gasteiger partial charge in [-0.15, -0.1) is 11.3 Å². The quantitative estimate of drug-likeness (QED) is 0.777. The van der Waals surface area contributed by atoms with Crippen molar-refractivity contribution in [2.24, 2.45) is 0 Å². The van der Waals surface area contributed by atoms with Crippen LogP contribution in [0.25, 0.3) is 11.0 Å². The molecule has 4 rings (SSSR count). The third kappa shape index (κ3) is 2.86. The molecule has 130 valence electrons. The Morgan fingerprint density at radius 1 is 1.48 bits per heavy atom. The van der Waals surface area contributed by atoms with Crippen molar-refractivity contribution in [2.75, 3.05) is 16.8 Å². The van der Waals surface area contributed by atoms with E-state index in [2.05, 4.69) is 15.3 Å². The lowest BCUT2D eigenvalue weighted by molar-refractivity contribution is -0.117. The summed E-state index contributed by atoms with van der Waals surface area (Å²) in [6, 6.07) is 4.22. The number of benzene rings is 1. The number of halogens is 1. The van der Waals surface area contributed by atoms with E-state index < -0.39 is 0 Å². The zero-order valence-corrected chi connectivity index (χ0v) is 14.6. The van der Waals surface area contributed by atoms with E-state index in [4.69, 9.17) is 0 Å². The first-order valence-corrected chi connectivity index (χ1v) is 9.18. The molecule has 3 aromatic rings. The van der Waals surface area contributed by atoms with Crippen LogP contribution in [0.1, 0.15) is 19.8 Å². The Morgan fingerprint density at radius 3 is 3.12 bits per heavy atom. The van der Waals surface area contributed by atoms with Gasteiger partial charge in [0.05, 0.1) is 11.0 Å². The predicted octanol–water partition coefficient (Wildman–Crippen LogP) is 3.26. The molecule has 1 atom stereocenters. The fourth-order valence-corrected chi connectivity index (χ4v) is 4.06. The summed E-state index contributed by atoms with van der Waals surface area (Å²) in [5.41, 5.74) is 1.35. The highest BCUT2D eigenvalue weighted by Gasteiger charge is 2.33. The summed E-state index contributed by atoms with van der Waals surface area (Å²) in [5, 5.41) is 5.70. The van der Waals surface area contributed by atoms with Crippen LogP contribution in [0.4, 0.5) is 15.5 Å². The number of rotatable bonds is 4. The number of carbonyl (C=O) groups is 1. The minimum Gasteiger partial charge on any atom is -0.336 e. The van der Waals surface area contributed by atoms with Crippen LogP contribution in [0.3, 0.4) is 0 Å². The van der Waals surface area contributed by atoms with Crippen LogP contribution >= 0.6 is 11.3 Å². The van der Waals surface area contributed by atoms with Gasteiger partial charge in [-0.3, -0.25) is 10.1 Å². The van der Waals surface area contributed by atoms with Crippen molar-refractivity contribution in [3.05, 3.63) is 35.6 Å². The summed E-state index contributed by atoms with van der Waals surface area (Å²) in [6.45, 7) is 3.43. The molecule has 0 bridgehead atoms. The van der Waals surface area contributed by atoms with Gasteiger partial charge in [0.1, 0.15) is 11.9 Å². The van der Waals surface area contributed by atoms with E-state index in [0.717, 1.165) is 30.0 Å². The van der Waals surface area contributed by atoms with E-state index in [-0.39, 0.29) is 17.8 Å². The monoisotopic (exact) mass is 359 g/mol. The molecule has 0 spiro atoms. The fraction of sp³-hybridized carbons (Fsp3) is 0.353. The molecule has 6 nitrogen and oxygen atoms in total. The normalized spacial score (nSPS) is 17.4. The van der Waals surface area contributed by atoms with Gasteiger partial charge in [-0.25, -0.2) is 14.4 Å². The number of hydrogen-bond donors (Lipinski definition) is 1. The molecule has 0 saturated carbocycles. The number of carbonyl (C=O) groups excluding carboxylic acids is 1. The van der Waals surface area contributed by atoms with Crippen LogP contribution in [-0.2, 0) is 11.3 Å². The number of thiazole rings is 1. The third-order valence-electron chi connectivity index (χ3n) is 4.48. The summed E-state index contributed by atoms with van der Waals surface area (Å²) in [4.78, 5) is 23.6. The molecule has 1 fully saturated rings. The highest BCUT2D eigenvalue weighted by Crippen LogP contribution is 2.28. The number of amides is 1. The summed E-state index contributed by atoms with van der Waals surface area (Å²) in [6.07, 6.45) is 3.48. The first-order valence-electron chi connectivity index (χ1n) is 8.30. The van der Waals surface area contributed by atoms with Crippen LogP contribution in [0.15, 0.2) is 29.8 Å². The van der Waals surface area contributed by atoms with Gasteiger partial charge in [-0.2, -0.15) is 0 Å². The van der Waals surface area contributed by atoms with Crippen molar-refractivity contribution in [2.45, 2.75) is 32.4 Å². The van der Waals surface area contributed by atoms with Crippen LogP contribution < -0.4 is 10.2 Å². The van der Waals surface area contributed by atoms with Crippen molar-refractivity contribution in [1.29, 1.82) is 0 Å². The number of anilines is 2. The Kier molecular flexibility index (Phi) is 4.12. The van der Waals surface area contributed by atoms with Crippen LogP contribution in [-0.4, -0.2) is 33.0 Å². The topological polar surface area (TPSA) is 63.1 Å². The van der Waals surface area contributed by atoms with Gasteiger partial charge in [-0.05, 0) is 31.9 Å². The molecule has 1 unspecified atom stereocenters. The molecule has 1 aliphatic rings. The van der Waals surface area contributed by atoms with Crippen molar-refractivity contribution in [3.63, 3.8) is 0 Å². The smallest absolute Gasteiger partial charge is 0.249 e. The van der Waals surface area contributed by atoms with Crippen molar-refractivity contribution < 1.29 is 9.18 Å². The largest absolute Gasteiger partial charge is 0.336 e. The lowest BCUT2D eigenvalue weighted by Gasteiger charge is -2.23. The van der Waals surface area contributed by atoms with Crippen molar-refractivity contribution in [3.8, 4) is 0 Å². The van der Waals surface area contributed by atoms with Crippen LogP contribution in [0.5, 0.6) is 0 Å². The Labute approximate surface area is 148 Å².